The molecule has 0 fully saturated rings. The number of rotatable bonds is 4. The first-order valence-corrected chi connectivity index (χ1v) is 5.44. The molecule has 0 bridgehead atoms. The Morgan fingerprint density at radius 3 is 2.61 bits per heavy atom. The molecule has 1 atom stereocenters. The molecule has 1 rings (SSSR count). The van der Waals surface area contributed by atoms with Gasteiger partial charge < -0.3 is 14.8 Å². The lowest BCUT2D eigenvalue weighted by Gasteiger charge is -2.19. The summed E-state index contributed by atoms with van der Waals surface area (Å²) in [6.07, 6.45) is 2.05. The number of aliphatic carboxylic acids is 1. The van der Waals surface area contributed by atoms with Crippen molar-refractivity contribution in [1.29, 1.82) is 0 Å². The van der Waals surface area contributed by atoms with Crippen LogP contribution in [0.5, 0.6) is 0 Å². The first-order chi connectivity index (χ1) is 8.15. The van der Waals surface area contributed by atoms with E-state index in [-0.39, 0.29) is 4.47 Å². The number of carboxylic acids is 1. The molecule has 0 aliphatic rings. The minimum absolute atomic E-state index is 0.0853. The Balaban J connectivity index is 3.25. The topological polar surface area (TPSA) is 123 Å². The van der Waals surface area contributed by atoms with Gasteiger partial charge in [-0.2, -0.15) is 0 Å². The maximum absolute atomic E-state index is 11.4. The second kappa shape index (κ2) is 4.86. The zero-order chi connectivity index (χ0) is 14.1. The number of hydrogen-bond donors (Lipinski definition) is 2. The largest absolute Gasteiger partial charge is 0.479 e. The first-order valence-electron chi connectivity index (χ1n) is 4.65. The van der Waals surface area contributed by atoms with Gasteiger partial charge >= 0.3 is 11.7 Å². The number of aromatic nitrogens is 1. The lowest BCUT2D eigenvalue weighted by molar-refractivity contribution is -0.386. The highest BCUT2D eigenvalue weighted by Crippen LogP contribution is 2.14. The van der Waals surface area contributed by atoms with Gasteiger partial charge in [0.1, 0.15) is 0 Å². The van der Waals surface area contributed by atoms with Gasteiger partial charge in [-0.05, 0) is 22.9 Å². The molecule has 0 amide bonds. The van der Waals surface area contributed by atoms with Gasteiger partial charge in [0.05, 0.1) is 22.1 Å². The van der Waals surface area contributed by atoms with Gasteiger partial charge in [-0.3, -0.25) is 14.9 Å². The number of nitro groups is 1. The summed E-state index contributed by atoms with van der Waals surface area (Å²) < 4.78 is 0.982. The molecule has 0 aliphatic heterocycles. The highest BCUT2D eigenvalue weighted by molar-refractivity contribution is 9.10. The number of pyridine rings is 1. The lowest BCUT2D eigenvalue weighted by atomic mass is 10.1. The van der Waals surface area contributed by atoms with Crippen LogP contribution in [0.3, 0.4) is 0 Å². The normalized spacial score (nSPS) is 13.9. The quantitative estimate of drug-likeness (QED) is 0.609. The van der Waals surface area contributed by atoms with E-state index in [0.29, 0.717) is 0 Å². The molecule has 8 nitrogen and oxygen atoms in total. The van der Waals surface area contributed by atoms with E-state index >= 15 is 0 Å². The average Bonchev–Trinajstić information content (AvgIpc) is 2.21. The van der Waals surface area contributed by atoms with Crippen LogP contribution in [0.1, 0.15) is 6.92 Å². The summed E-state index contributed by atoms with van der Waals surface area (Å²) in [5.74, 6) is -1.47. The molecule has 1 unspecified atom stereocenters. The van der Waals surface area contributed by atoms with Crippen LogP contribution in [-0.2, 0) is 11.3 Å². The predicted molar refractivity (Wildman–Crippen MR) is 63.3 cm³/mol. The fourth-order valence-electron chi connectivity index (χ4n) is 1.22. The predicted octanol–water partition coefficient (Wildman–Crippen LogP) is 0.355. The fourth-order valence-corrected chi connectivity index (χ4v) is 1.69. The summed E-state index contributed by atoms with van der Waals surface area (Å²) in [5, 5.41) is 28.9. The van der Waals surface area contributed by atoms with Crippen molar-refractivity contribution in [2.75, 3.05) is 0 Å². The molecule has 0 spiro atoms. The molecule has 1 heterocycles. The van der Waals surface area contributed by atoms with Crippen LogP contribution in [0.4, 0.5) is 5.69 Å². The molecule has 1 aromatic heterocycles. The highest BCUT2D eigenvalue weighted by Gasteiger charge is 2.31. The monoisotopic (exact) mass is 320 g/mol. The number of aliphatic hydroxyl groups is 1. The molecule has 0 radical (unpaired) electrons. The minimum atomic E-state index is -2.09. The third-order valence-electron chi connectivity index (χ3n) is 2.16. The maximum atomic E-state index is 11.4. The minimum Gasteiger partial charge on any atom is -0.479 e. The Kier molecular flexibility index (Phi) is 3.87. The third kappa shape index (κ3) is 2.93. The molecule has 0 saturated carbocycles. The van der Waals surface area contributed by atoms with E-state index in [4.69, 9.17) is 5.11 Å². The Bertz CT molecular complexity index is 565. The highest BCUT2D eigenvalue weighted by atomic mass is 79.9. The maximum Gasteiger partial charge on any atom is 0.337 e. The van der Waals surface area contributed by atoms with Crippen LogP contribution >= 0.6 is 15.9 Å². The molecular weight excluding hydrogens is 312 g/mol. The second-order valence-electron chi connectivity index (χ2n) is 3.83. The van der Waals surface area contributed by atoms with Crippen molar-refractivity contribution in [3.63, 3.8) is 0 Å². The molecule has 0 saturated heterocycles. The molecule has 0 aliphatic carbocycles. The van der Waals surface area contributed by atoms with Crippen molar-refractivity contribution in [2.24, 2.45) is 0 Å². The van der Waals surface area contributed by atoms with Gasteiger partial charge in [0.2, 0.25) is 0 Å². The number of carboxylic acid groups (broad SMARTS) is 1. The standard InChI is InChI=1S/C9H9BrN2O6/c1-9(16,8(14)15)4-11-2-5(10)7(13)6(3-11)12(17)18/h2-3,16H,4H2,1H3,(H,14,15). The number of nitrogens with zero attached hydrogens (tertiary/aromatic N) is 2. The number of carbonyl (C=O) groups is 1. The van der Waals surface area contributed by atoms with Crippen LogP contribution in [0.2, 0.25) is 0 Å². The second-order valence-corrected chi connectivity index (χ2v) is 4.68. The fraction of sp³-hybridized carbons (Fsp3) is 0.333. The van der Waals surface area contributed by atoms with Gasteiger partial charge in [-0.25, -0.2) is 4.79 Å². The molecule has 98 valence electrons. The van der Waals surface area contributed by atoms with Crippen LogP contribution in [0.15, 0.2) is 21.7 Å². The summed E-state index contributed by atoms with van der Waals surface area (Å²) in [6, 6.07) is 0. The SMILES string of the molecule is CC(O)(Cn1cc(Br)c(=O)c([N+](=O)[O-])c1)C(=O)O. The van der Waals surface area contributed by atoms with E-state index in [9.17, 15) is 24.8 Å². The van der Waals surface area contributed by atoms with Gasteiger partial charge in [0, 0.05) is 6.20 Å². The van der Waals surface area contributed by atoms with E-state index in [2.05, 4.69) is 15.9 Å². The molecule has 0 aromatic carbocycles. The van der Waals surface area contributed by atoms with E-state index in [1.807, 2.05) is 0 Å². The number of halogens is 1. The molecule has 2 N–H and O–H groups in total. The van der Waals surface area contributed by atoms with Gasteiger partial charge in [-0.1, -0.05) is 0 Å². The smallest absolute Gasteiger partial charge is 0.337 e. The van der Waals surface area contributed by atoms with Crippen molar-refractivity contribution in [2.45, 2.75) is 19.1 Å². The third-order valence-corrected chi connectivity index (χ3v) is 2.73. The van der Waals surface area contributed by atoms with Crippen molar-refractivity contribution in [3.05, 3.63) is 37.2 Å². The summed E-state index contributed by atoms with van der Waals surface area (Å²) in [7, 11) is 0. The number of hydrogen-bond acceptors (Lipinski definition) is 5. The Morgan fingerprint density at radius 1 is 1.61 bits per heavy atom. The van der Waals surface area contributed by atoms with E-state index in [1.165, 1.54) is 6.20 Å². The summed E-state index contributed by atoms with van der Waals surface area (Å²) in [6.45, 7) is 0.620. The molecule has 1 aromatic rings. The zero-order valence-corrected chi connectivity index (χ0v) is 10.7. The van der Waals surface area contributed by atoms with Crippen molar-refractivity contribution < 1.29 is 19.9 Å². The summed E-state index contributed by atoms with van der Waals surface area (Å²) in [4.78, 5) is 31.8. The first kappa shape index (κ1) is 14.3. The summed E-state index contributed by atoms with van der Waals surface area (Å²) in [5.41, 5.74) is -3.61. The lowest BCUT2D eigenvalue weighted by Crippen LogP contribution is -2.39. The Morgan fingerprint density at radius 2 is 2.17 bits per heavy atom. The van der Waals surface area contributed by atoms with Gasteiger partial charge in [0.15, 0.2) is 5.60 Å². The Hall–Kier alpha value is -1.74. The van der Waals surface area contributed by atoms with Gasteiger partial charge in [-0.15, -0.1) is 0 Å². The zero-order valence-electron chi connectivity index (χ0n) is 9.16. The van der Waals surface area contributed by atoms with Crippen LogP contribution in [0.25, 0.3) is 0 Å². The van der Waals surface area contributed by atoms with Crippen molar-refractivity contribution >= 4 is 27.6 Å². The Labute approximate surface area is 109 Å². The molecule has 18 heavy (non-hydrogen) atoms. The van der Waals surface area contributed by atoms with E-state index in [0.717, 1.165) is 17.7 Å². The van der Waals surface area contributed by atoms with Crippen molar-refractivity contribution in [3.8, 4) is 0 Å². The van der Waals surface area contributed by atoms with Crippen LogP contribution in [-0.4, -0.2) is 31.3 Å². The van der Waals surface area contributed by atoms with Crippen LogP contribution in [0, 0.1) is 10.1 Å². The van der Waals surface area contributed by atoms with Crippen molar-refractivity contribution in [1.82, 2.24) is 4.57 Å². The van der Waals surface area contributed by atoms with E-state index < -0.39 is 34.2 Å². The van der Waals surface area contributed by atoms with E-state index in [1.54, 1.807) is 0 Å². The average molecular weight is 321 g/mol. The molecule has 9 heteroatoms. The molecular formula is C9H9BrN2O6. The van der Waals surface area contributed by atoms with Gasteiger partial charge in [0.25, 0.3) is 5.43 Å². The van der Waals surface area contributed by atoms with Crippen LogP contribution < -0.4 is 5.43 Å². The summed E-state index contributed by atoms with van der Waals surface area (Å²) >= 11 is 2.84.